The summed E-state index contributed by atoms with van der Waals surface area (Å²) in [4.78, 5) is 10.5. The van der Waals surface area contributed by atoms with Crippen molar-refractivity contribution in [3.8, 4) is 5.69 Å². The topological polar surface area (TPSA) is 80.3 Å². The Labute approximate surface area is 92.1 Å². The molecule has 0 atom stereocenters. The summed E-state index contributed by atoms with van der Waals surface area (Å²) in [7, 11) is 0. The number of nitrogen functional groups attached to an aromatic ring is 1. The lowest BCUT2D eigenvalue weighted by atomic mass is 10.2. The van der Waals surface area contributed by atoms with Gasteiger partial charge in [-0.05, 0) is 30.3 Å². The van der Waals surface area contributed by atoms with Gasteiger partial charge in [0.15, 0.2) is 0 Å². The van der Waals surface area contributed by atoms with Crippen molar-refractivity contribution in [3.05, 3.63) is 42.7 Å². The van der Waals surface area contributed by atoms with Crippen LogP contribution >= 0.6 is 0 Å². The van der Waals surface area contributed by atoms with Gasteiger partial charge in [-0.1, -0.05) is 0 Å². The molecule has 0 saturated heterocycles. The van der Waals surface area contributed by atoms with Crippen LogP contribution in [0.5, 0.6) is 0 Å². The van der Waals surface area contributed by atoms with Gasteiger partial charge in [-0.25, -0.2) is 4.79 Å². The summed E-state index contributed by atoms with van der Waals surface area (Å²) in [5, 5.41) is 10.8. The predicted octanol–water partition coefficient (Wildman–Crippen LogP) is 2.15. The van der Waals surface area contributed by atoms with E-state index < -0.39 is 6.09 Å². The number of nitrogens with two attached hydrogens (primary N) is 1. The molecule has 0 radical (unpaired) electrons. The fourth-order valence-electron chi connectivity index (χ4n) is 1.45. The predicted molar refractivity (Wildman–Crippen MR) is 61.8 cm³/mol. The lowest BCUT2D eigenvalue weighted by Crippen LogP contribution is -2.09. The number of hydrogen-bond donors (Lipinski definition) is 3. The molecular weight excluding hydrogens is 206 g/mol. The van der Waals surface area contributed by atoms with E-state index in [1.165, 1.54) is 0 Å². The first kappa shape index (κ1) is 10.1. The van der Waals surface area contributed by atoms with Gasteiger partial charge in [-0.3, -0.25) is 5.32 Å². The Morgan fingerprint density at radius 1 is 1.31 bits per heavy atom. The molecule has 4 N–H and O–H groups in total. The molecule has 0 aliphatic carbocycles. The molecule has 0 unspecified atom stereocenters. The van der Waals surface area contributed by atoms with Crippen LogP contribution in [0.3, 0.4) is 0 Å². The molecule has 0 saturated carbocycles. The second kappa shape index (κ2) is 3.98. The summed E-state index contributed by atoms with van der Waals surface area (Å²) in [6, 6.07) is 8.95. The maximum absolute atomic E-state index is 10.5. The first-order valence-electron chi connectivity index (χ1n) is 4.69. The van der Waals surface area contributed by atoms with E-state index in [1.807, 2.05) is 29.1 Å². The number of benzene rings is 1. The van der Waals surface area contributed by atoms with Crippen molar-refractivity contribution in [3.63, 3.8) is 0 Å². The second-order valence-corrected chi connectivity index (χ2v) is 3.29. The van der Waals surface area contributed by atoms with E-state index in [0.29, 0.717) is 11.4 Å². The minimum atomic E-state index is -1.12. The Hall–Kier alpha value is -2.43. The highest BCUT2D eigenvalue weighted by Gasteiger charge is 2.04. The van der Waals surface area contributed by atoms with Gasteiger partial charge in [0.1, 0.15) is 0 Å². The molecule has 2 aromatic rings. The zero-order valence-electron chi connectivity index (χ0n) is 8.42. The molecule has 0 aliphatic heterocycles. The van der Waals surface area contributed by atoms with Gasteiger partial charge < -0.3 is 15.4 Å². The molecule has 82 valence electrons. The largest absolute Gasteiger partial charge is 0.465 e. The van der Waals surface area contributed by atoms with Crippen molar-refractivity contribution in [2.24, 2.45) is 0 Å². The first-order chi connectivity index (χ1) is 7.66. The highest BCUT2D eigenvalue weighted by atomic mass is 16.4. The van der Waals surface area contributed by atoms with E-state index in [4.69, 9.17) is 10.8 Å². The molecule has 1 aromatic heterocycles. The molecule has 0 aliphatic rings. The van der Waals surface area contributed by atoms with Crippen molar-refractivity contribution in [2.75, 3.05) is 11.1 Å². The monoisotopic (exact) mass is 217 g/mol. The van der Waals surface area contributed by atoms with Gasteiger partial charge in [0.25, 0.3) is 0 Å². The summed E-state index contributed by atoms with van der Waals surface area (Å²) in [6.07, 6.45) is 2.65. The van der Waals surface area contributed by atoms with Gasteiger partial charge in [-0.2, -0.15) is 0 Å². The third-order valence-electron chi connectivity index (χ3n) is 2.18. The number of carbonyl (C=O) groups is 1. The van der Waals surface area contributed by atoms with E-state index in [1.54, 1.807) is 18.2 Å². The van der Waals surface area contributed by atoms with Gasteiger partial charge >= 0.3 is 6.09 Å². The fourth-order valence-corrected chi connectivity index (χ4v) is 1.45. The molecule has 0 bridgehead atoms. The minimum absolute atomic E-state index is 0.392. The molecule has 5 heteroatoms. The maximum Gasteiger partial charge on any atom is 0.409 e. The first-order valence-corrected chi connectivity index (χ1v) is 4.69. The summed E-state index contributed by atoms with van der Waals surface area (Å²) in [5.74, 6) is 0. The highest BCUT2D eigenvalue weighted by Crippen LogP contribution is 2.22. The van der Waals surface area contributed by atoms with Gasteiger partial charge in [0.2, 0.25) is 0 Å². The van der Waals surface area contributed by atoms with Gasteiger partial charge in [0.05, 0.1) is 11.4 Å². The Kier molecular flexibility index (Phi) is 2.51. The number of hydrogen-bond acceptors (Lipinski definition) is 2. The average Bonchev–Trinajstić information content (AvgIpc) is 2.73. The summed E-state index contributed by atoms with van der Waals surface area (Å²) in [5.41, 5.74) is 7.41. The van der Waals surface area contributed by atoms with E-state index in [-0.39, 0.29) is 0 Å². The van der Waals surface area contributed by atoms with Crippen LogP contribution in [0.1, 0.15) is 0 Å². The molecule has 5 nitrogen and oxygen atoms in total. The maximum atomic E-state index is 10.5. The van der Waals surface area contributed by atoms with E-state index in [9.17, 15) is 4.79 Å². The normalized spacial score (nSPS) is 10.0. The molecule has 0 fully saturated rings. The van der Waals surface area contributed by atoms with Crippen molar-refractivity contribution >= 4 is 17.5 Å². The number of rotatable bonds is 2. The van der Waals surface area contributed by atoms with Crippen molar-refractivity contribution < 1.29 is 9.90 Å². The Balaban J connectivity index is 2.33. The Morgan fingerprint density at radius 2 is 2.00 bits per heavy atom. The summed E-state index contributed by atoms with van der Waals surface area (Å²) >= 11 is 0. The fraction of sp³-hybridized carbons (Fsp3) is 0. The van der Waals surface area contributed by atoms with E-state index in [0.717, 1.165) is 5.69 Å². The van der Waals surface area contributed by atoms with Crippen molar-refractivity contribution in [1.29, 1.82) is 0 Å². The third-order valence-corrected chi connectivity index (χ3v) is 2.18. The van der Waals surface area contributed by atoms with Crippen LogP contribution in [0.2, 0.25) is 0 Å². The number of nitrogens with zero attached hydrogens (tertiary/aromatic N) is 1. The molecule has 2 rings (SSSR count). The van der Waals surface area contributed by atoms with Crippen LogP contribution in [0.15, 0.2) is 42.7 Å². The lowest BCUT2D eigenvalue weighted by molar-refractivity contribution is 0.210. The highest BCUT2D eigenvalue weighted by molar-refractivity contribution is 5.88. The SMILES string of the molecule is Nc1cc(-n2cccc2)ccc1NC(=O)O. The molecular formula is C11H11N3O2. The Morgan fingerprint density at radius 3 is 2.56 bits per heavy atom. The number of aromatic nitrogens is 1. The van der Waals surface area contributed by atoms with Gasteiger partial charge in [0, 0.05) is 18.1 Å². The molecule has 1 amide bonds. The van der Waals surface area contributed by atoms with E-state index >= 15 is 0 Å². The number of nitrogens with one attached hydrogen (secondary N) is 1. The Bertz CT molecular complexity index is 506. The van der Waals surface area contributed by atoms with Crippen LogP contribution < -0.4 is 11.1 Å². The third kappa shape index (κ3) is 1.98. The number of anilines is 2. The number of amides is 1. The zero-order chi connectivity index (χ0) is 11.5. The van der Waals surface area contributed by atoms with Crippen molar-refractivity contribution in [2.45, 2.75) is 0 Å². The lowest BCUT2D eigenvalue weighted by Gasteiger charge is -2.08. The second-order valence-electron chi connectivity index (χ2n) is 3.29. The van der Waals surface area contributed by atoms with Crippen LogP contribution in [-0.2, 0) is 0 Å². The van der Waals surface area contributed by atoms with Crippen LogP contribution in [0.25, 0.3) is 5.69 Å². The molecule has 16 heavy (non-hydrogen) atoms. The van der Waals surface area contributed by atoms with Crippen LogP contribution in [-0.4, -0.2) is 15.8 Å². The quantitative estimate of drug-likeness (QED) is 0.674. The van der Waals surface area contributed by atoms with Crippen molar-refractivity contribution in [1.82, 2.24) is 4.57 Å². The molecule has 1 heterocycles. The van der Waals surface area contributed by atoms with E-state index in [2.05, 4.69) is 5.32 Å². The minimum Gasteiger partial charge on any atom is -0.465 e. The van der Waals surface area contributed by atoms with Gasteiger partial charge in [-0.15, -0.1) is 0 Å². The summed E-state index contributed by atoms with van der Waals surface area (Å²) in [6.45, 7) is 0. The summed E-state index contributed by atoms with van der Waals surface area (Å²) < 4.78 is 1.89. The standard InChI is InChI=1S/C11H11N3O2/c12-9-7-8(14-5-1-2-6-14)3-4-10(9)13-11(15)16/h1-7,13H,12H2,(H,15,16). The molecule has 0 spiro atoms. The smallest absolute Gasteiger partial charge is 0.409 e. The van der Waals surface area contributed by atoms with Crippen LogP contribution in [0.4, 0.5) is 16.2 Å². The average molecular weight is 217 g/mol. The zero-order valence-corrected chi connectivity index (χ0v) is 8.42. The molecule has 1 aromatic carbocycles. The van der Waals surface area contributed by atoms with Crippen LogP contribution in [0, 0.1) is 0 Å². The number of carboxylic acid groups (broad SMARTS) is 1.